The number of hydrogen-bond acceptors (Lipinski definition) is 3. The molecular weight excluding hydrogens is 346 g/mol. The summed E-state index contributed by atoms with van der Waals surface area (Å²) in [6.07, 6.45) is 0.954. The minimum atomic E-state index is 0.0494. The van der Waals surface area contributed by atoms with Crippen LogP contribution in [0, 0.1) is 0 Å². The Kier molecular flexibility index (Phi) is 3.28. The standard InChI is InChI=1S/C17H12BrNOS/c18-13-6-3-5-11(8-13)14-10-21-17(19-14)16-9-12-4-1-2-7-15(12)20-16/h1-8,10,16H,9H2. The summed E-state index contributed by atoms with van der Waals surface area (Å²) in [5.41, 5.74) is 3.40. The van der Waals surface area contributed by atoms with Crippen LogP contribution in [0.25, 0.3) is 11.3 Å². The predicted molar refractivity (Wildman–Crippen MR) is 88.8 cm³/mol. The zero-order valence-corrected chi connectivity index (χ0v) is 13.5. The van der Waals surface area contributed by atoms with E-state index in [1.54, 1.807) is 11.3 Å². The average molecular weight is 358 g/mol. The van der Waals surface area contributed by atoms with Crippen LogP contribution >= 0.6 is 27.3 Å². The molecule has 104 valence electrons. The predicted octanol–water partition coefficient (Wildman–Crippen LogP) is 5.25. The highest BCUT2D eigenvalue weighted by atomic mass is 79.9. The number of nitrogens with zero attached hydrogens (tertiary/aromatic N) is 1. The number of ether oxygens (including phenoxy) is 1. The highest BCUT2D eigenvalue weighted by Gasteiger charge is 2.26. The second-order valence-electron chi connectivity index (χ2n) is 5.00. The number of fused-ring (bicyclic) bond motifs is 1. The zero-order valence-electron chi connectivity index (χ0n) is 11.1. The lowest BCUT2D eigenvalue weighted by atomic mass is 10.1. The number of rotatable bonds is 2. The lowest BCUT2D eigenvalue weighted by molar-refractivity contribution is 0.238. The normalized spacial score (nSPS) is 16.5. The molecule has 1 unspecified atom stereocenters. The summed E-state index contributed by atoms with van der Waals surface area (Å²) >= 11 is 5.17. The van der Waals surface area contributed by atoms with Crippen LogP contribution in [0.4, 0.5) is 0 Å². The van der Waals surface area contributed by atoms with E-state index >= 15 is 0 Å². The van der Waals surface area contributed by atoms with Gasteiger partial charge in [-0.25, -0.2) is 4.98 Å². The molecule has 4 rings (SSSR count). The Labute approximate surface area is 135 Å². The molecule has 1 atom stereocenters. The molecule has 2 nitrogen and oxygen atoms in total. The Morgan fingerprint density at radius 2 is 2.05 bits per heavy atom. The van der Waals surface area contributed by atoms with Crippen molar-refractivity contribution in [2.45, 2.75) is 12.5 Å². The molecule has 0 radical (unpaired) electrons. The smallest absolute Gasteiger partial charge is 0.154 e. The van der Waals surface area contributed by atoms with E-state index in [2.05, 4.69) is 45.6 Å². The molecular formula is C17H12BrNOS. The van der Waals surface area contributed by atoms with E-state index < -0.39 is 0 Å². The Hall–Kier alpha value is -1.65. The molecule has 4 heteroatoms. The minimum Gasteiger partial charge on any atom is -0.483 e. The number of thiazole rings is 1. The molecule has 0 saturated heterocycles. The molecule has 21 heavy (non-hydrogen) atoms. The first-order valence-corrected chi connectivity index (χ1v) is 8.43. The maximum Gasteiger partial charge on any atom is 0.154 e. The van der Waals surface area contributed by atoms with Crippen LogP contribution < -0.4 is 4.74 Å². The van der Waals surface area contributed by atoms with Gasteiger partial charge in [-0.05, 0) is 23.8 Å². The molecule has 0 bridgehead atoms. The van der Waals surface area contributed by atoms with Crippen molar-refractivity contribution in [3.8, 4) is 17.0 Å². The molecule has 1 aromatic heterocycles. The van der Waals surface area contributed by atoms with Crippen molar-refractivity contribution in [1.29, 1.82) is 0 Å². The second-order valence-corrected chi connectivity index (χ2v) is 6.81. The summed E-state index contributed by atoms with van der Waals surface area (Å²) in [5.74, 6) is 0.988. The Morgan fingerprint density at radius 1 is 1.14 bits per heavy atom. The fourth-order valence-corrected chi connectivity index (χ4v) is 3.79. The van der Waals surface area contributed by atoms with E-state index in [0.29, 0.717) is 0 Å². The van der Waals surface area contributed by atoms with E-state index in [0.717, 1.165) is 32.9 Å². The summed E-state index contributed by atoms with van der Waals surface area (Å²) in [6, 6.07) is 16.4. The van der Waals surface area contributed by atoms with Gasteiger partial charge in [-0.15, -0.1) is 11.3 Å². The molecule has 0 fully saturated rings. The molecule has 2 heterocycles. The van der Waals surface area contributed by atoms with Gasteiger partial charge in [0.1, 0.15) is 10.8 Å². The number of aromatic nitrogens is 1. The van der Waals surface area contributed by atoms with Gasteiger partial charge in [0.15, 0.2) is 6.10 Å². The van der Waals surface area contributed by atoms with Crippen molar-refractivity contribution in [2.75, 3.05) is 0 Å². The monoisotopic (exact) mass is 357 g/mol. The third kappa shape index (κ3) is 2.49. The Balaban J connectivity index is 1.62. The molecule has 0 aliphatic carbocycles. The highest BCUT2D eigenvalue weighted by Crippen LogP contribution is 2.38. The van der Waals surface area contributed by atoms with Crippen molar-refractivity contribution >= 4 is 27.3 Å². The number of halogens is 1. The highest BCUT2D eigenvalue weighted by molar-refractivity contribution is 9.10. The van der Waals surface area contributed by atoms with Crippen molar-refractivity contribution in [3.05, 3.63) is 69.0 Å². The summed E-state index contributed by atoms with van der Waals surface area (Å²) in [7, 11) is 0. The second kappa shape index (κ2) is 5.28. The summed E-state index contributed by atoms with van der Waals surface area (Å²) < 4.78 is 7.07. The van der Waals surface area contributed by atoms with E-state index in [9.17, 15) is 0 Å². The molecule has 1 aliphatic heterocycles. The number of hydrogen-bond donors (Lipinski definition) is 0. The first kappa shape index (κ1) is 13.0. The minimum absolute atomic E-state index is 0.0494. The average Bonchev–Trinajstić information content (AvgIpc) is 3.14. The Bertz CT molecular complexity index is 774. The van der Waals surface area contributed by atoms with Gasteiger partial charge in [-0.1, -0.05) is 46.3 Å². The fraction of sp³-hybridized carbons (Fsp3) is 0.118. The largest absolute Gasteiger partial charge is 0.483 e. The fourth-order valence-electron chi connectivity index (χ4n) is 2.54. The summed E-state index contributed by atoms with van der Waals surface area (Å²) in [4.78, 5) is 4.76. The third-order valence-corrected chi connectivity index (χ3v) is 4.99. The van der Waals surface area contributed by atoms with Gasteiger partial charge in [-0.3, -0.25) is 0 Å². The van der Waals surface area contributed by atoms with Gasteiger partial charge in [0.25, 0.3) is 0 Å². The molecule has 1 aliphatic rings. The molecule has 0 N–H and O–H groups in total. The van der Waals surface area contributed by atoms with Crippen molar-refractivity contribution in [1.82, 2.24) is 4.98 Å². The van der Waals surface area contributed by atoms with Gasteiger partial charge < -0.3 is 4.74 Å². The van der Waals surface area contributed by atoms with Gasteiger partial charge in [0.05, 0.1) is 5.69 Å². The van der Waals surface area contributed by atoms with E-state index in [-0.39, 0.29) is 6.10 Å². The van der Waals surface area contributed by atoms with E-state index in [1.807, 2.05) is 24.3 Å². The van der Waals surface area contributed by atoms with E-state index in [1.165, 1.54) is 5.56 Å². The molecule has 3 aromatic rings. The quantitative estimate of drug-likeness (QED) is 0.624. The number of para-hydroxylation sites is 1. The van der Waals surface area contributed by atoms with Crippen LogP contribution in [-0.2, 0) is 6.42 Å². The molecule has 0 amide bonds. The molecule has 2 aromatic carbocycles. The SMILES string of the molecule is Brc1cccc(-c2csc(C3Cc4ccccc4O3)n2)c1. The van der Waals surface area contributed by atoms with Crippen LogP contribution in [-0.4, -0.2) is 4.98 Å². The number of benzene rings is 2. The summed E-state index contributed by atoms with van der Waals surface area (Å²) in [5, 5.41) is 3.14. The van der Waals surface area contributed by atoms with Gasteiger partial charge in [0.2, 0.25) is 0 Å². The van der Waals surface area contributed by atoms with Crippen LogP contribution in [0.5, 0.6) is 5.75 Å². The van der Waals surface area contributed by atoms with Crippen LogP contribution in [0.3, 0.4) is 0 Å². The Morgan fingerprint density at radius 3 is 2.90 bits per heavy atom. The molecule has 0 spiro atoms. The zero-order chi connectivity index (χ0) is 14.2. The lowest BCUT2D eigenvalue weighted by Crippen LogP contribution is -2.02. The topological polar surface area (TPSA) is 22.1 Å². The molecule has 0 saturated carbocycles. The van der Waals surface area contributed by atoms with Crippen molar-refractivity contribution in [3.63, 3.8) is 0 Å². The van der Waals surface area contributed by atoms with Gasteiger partial charge in [-0.2, -0.15) is 0 Å². The first-order valence-electron chi connectivity index (χ1n) is 6.75. The third-order valence-electron chi connectivity index (χ3n) is 3.56. The van der Waals surface area contributed by atoms with E-state index in [4.69, 9.17) is 9.72 Å². The van der Waals surface area contributed by atoms with Crippen molar-refractivity contribution < 1.29 is 4.74 Å². The van der Waals surface area contributed by atoms with Crippen molar-refractivity contribution in [2.24, 2.45) is 0 Å². The maximum absolute atomic E-state index is 6.00. The van der Waals surface area contributed by atoms with Crippen LogP contribution in [0.2, 0.25) is 0 Å². The van der Waals surface area contributed by atoms with Gasteiger partial charge in [0, 0.05) is 21.8 Å². The maximum atomic E-state index is 6.00. The summed E-state index contributed by atoms with van der Waals surface area (Å²) in [6.45, 7) is 0. The van der Waals surface area contributed by atoms with Crippen LogP contribution in [0.1, 0.15) is 16.7 Å². The first-order chi connectivity index (χ1) is 10.3. The van der Waals surface area contributed by atoms with Gasteiger partial charge >= 0.3 is 0 Å². The van der Waals surface area contributed by atoms with Crippen LogP contribution in [0.15, 0.2) is 58.4 Å². The lowest BCUT2D eigenvalue weighted by Gasteiger charge is -2.06.